The van der Waals surface area contributed by atoms with Gasteiger partial charge in [0.1, 0.15) is 0 Å². The van der Waals surface area contributed by atoms with Gasteiger partial charge in [-0.05, 0) is 60.8 Å². The number of carbonyl (C=O) groups excluding carboxylic acids is 2. The lowest BCUT2D eigenvalue weighted by molar-refractivity contribution is -0.141. The highest BCUT2D eigenvalue weighted by Crippen LogP contribution is 2.73. The average Bonchev–Trinajstić information content (AvgIpc) is 3.23. The quantitative estimate of drug-likeness (QED) is 0.512. The Morgan fingerprint density at radius 2 is 1.88 bits per heavy atom. The lowest BCUT2D eigenvalue weighted by atomic mass is 9.85. The molecule has 2 bridgehead atoms. The standard InChI is InChI=1S/C20H20N2O4/c1-2-26-15-9-11(3-6-14(15)23)10-21-22-18(24)16-12-4-5-13(17(16)19(22)25)20(12)7-8-20/h3-6,9-10,12-13,16-17,23H,2,7-8H2,1H3/b21-10+/t12-,13+,16-,17-/m0/s1. The number of phenols is 1. The molecule has 6 nitrogen and oxygen atoms in total. The minimum Gasteiger partial charge on any atom is -0.504 e. The molecule has 0 aromatic heterocycles. The lowest BCUT2D eigenvalue weighted by Gasteiger charge is -2.18. The van der Waals surface area contributed by atoms with E-state index in [1.165, 1.54) is 12.3 Å². The Morgan fingerprint density at radius 1 is 1.23 bits per heavy atom. The number of phenolic OH excluding ortho intramolecular Hbond substituents is 1. The predicted molar refractivity (Wildman–Crippen MR) is 93.5 cm³/mol. The number of aromatic hydroxyl groups is 1. The maximum Gasteiger partial charge on any atom is 0.254 e. The lowest BCUT2D eigenvalue weighted by Crippen LogP contribution is -2.30. The normalized spacial score (nSPS) is 32.9. The molecule has 1 saturated heterocycles. The van der Waals surface area contributed by atoms with E-state index in [0.717, 1.165) is 17.9 Å². The zero-order valence-electron chi connectivity index (χ0n) is 14.5. The largest absolute Gasteiger partial charge is 0.504 e. The van der Waals surface area contributed by atoms with Crippen LogP contribution in [0.3, 0.4) is 0 Å². The highest BCUT2D eigenvalue weighted by atomic mass is 16.5. The Kier molecular flexibility index (Phi) is 3.12. The SMILES string of the molecule is CCOc1cc(/C=N/N2C(=O)[C@@H]3[C@@H](C2=O)[C@@H]2C=C[C@H]3C23CC3)ccc1O. The van der Waals surface area contributed by atoms with E-state index in [1.807, 2.05) is 6.92 Å². The summed E-state index contributed by atoms with van der Waals surface area (Å²) in [4.78, 5) is 25.7. The number of carbonyl (C=O) groups is 2. The van der Waals surface area contributed by atoms with Gasteiger partial charge in [-0.25, -0.2) is 0 Å². The number of imide groups is 1. The molecule has 3 aliphatic carbocycles. The van der Waals surface area contributed by atoms with Crippen molar-refractivity contribution in [2.45, 2.75) is 19.8 Å². The molecular weight excluding hydrogens is 332 g/mol. The van der Waals surface area contributed by atoms with Crippen molar-refractivity contribution in [1.82, 2.24) is 5.01 Å². The topological polar surface area (TPSA) is 79.2 Å². The highest BCUT2D eigenvalue weighted by molar-refractivity contribution is 6.07. The molecule has 0 radical (unpaired) electrons. The number of rotatable bonds is 4. The molecule has 1 heterocycles. The predicted octanol–water partition coefficient (Wildman–Crippen LogP) is 2.32. The van der Waals surface area contributed by atoms with Crippen LogP contribution in [0.25, 0.3) is 0 Å². The maximum atomic E-state index is 12.8. The van der Waals surface area contributed by atoms with Gasteiger partial charge in [-0.2, -0.15) is 10.1 Å². The summed E-state index contributed by atoms with van der Waals surface area (Å²) in [6.45, 7) is 2.26. The minimum atomic E-state index is -0.240. The molecule has 1 aromatic rings. The highest BCUT2D eigenvalue weighted by Gasteiger charge is 2.73. The van der Waals surface area contributed by atoms with Gasteiger partial charge in [0.25, 0.3) is 11.8 Å². The average molecular weight is 352 g/mol. The third kappa shape index (κ3) is 1.90. The van der Waals surface area contributed by atoms with E-state index in [0.29, 0.717) is 17.9 Å². The fourth-order valence-corrected chi connectivity index (χ4v) is 5.18. The van der Waals surface area contributed by atoms with Crippen molar-refractivity contribution in [2.75, 3.05) is 6.61 Å². The van der Waals surface area contributed by atoms with Crippen LogP contribution < -0.4 is 4.74 Å². The van der Waals surface area contributed by atoms with Crippen LogP contribution in [0, 0.1) is 29.1 Å². The zero-order valence-corrected chi connectivity index (χ0v) is 14.5. The van der Waals surface area contributed by atoms with Crippen molar-refractivity contribution >= 4 is 18.0 Å². The molecule has 5 rings (SSSR count). The molecule has 1 spiro atoms. The van der Waals surface area contributed by atoms with Gasteiger partial charge in [-0.15, -0.1) is 0 Å². The van der Waals surface area contributed by atoms with E-state index in [1.54, 1.807) is 12.1 Å². The van der Waals surface area contributed by atoms with E-state index in [9.17, 15) is 14.7 Å². The second kappa shape index (κ2) is 5.19. The molecular formula is C20H20N2O4. The zero-order chi connectivity index (χ0) is 18.1. The molecule has 6 heteroatoms. The van der Waals surface area contributed by atoms with Crippen molar-refractivity contribution in [2.24, 2.45) is 34.2 Å². The molecule has 4 atom stereocenters. The molecule has 2 saturated carbocycles. The first-order valence-corrected chi connectivity index (χ1v) is 9.13. The van der Waals surface area contributed by atoms with E-state index >= 15 is 0 Å². The first kappa shape index (κ1) is 15.6. The first-order chi connectivity index (χ1) is 12.6. The summed E-state index contributed by atoms with van der Waals surface area (Å²) < 4.78 is 5.35. The second-order valence-electron chi connectivity index (χ2n) is 7.61. The van der Waals surface area contributed by atoms with Crippen LogP contribution in [0.5, 0.6) is 11.5 Å². The molecule has 4 aliphatic rings. The molecule has 1 N–H and O–H groups in total. The molecule has 0 unspecified atom stereocenters. The van der Waals surface area contributed by atoms with Gasteiger partial charge in [0.05, 0.1) is 24.7 Å². The fourth-order valence-electron chi connectivity index (χ4n) is 5.18. The monoisotopic (exact) mass is 352 g/mol. The first-order valence-electron chi connectivity index (χ1n) is 9.13. The Bertz CT molecular complexity index is 837. The third-order valence-corrected chi connectivity index (χ3v) is 6.44. The fraction of sp³-hybridized carbons (Fsp3) is 0.450. The Labute approximate surface area is 151 Å². The van der Waals surface area contributed by atoms with Crippen molar-refractivity contribution in [3.63, 3.8) is 0 Å². The number of nitrogens with zero attached hydrogens (tertiary/aromatic N) is 2. The number of allylic oxidation sites excluding steroid dienone is 2. The molecule has 26 heavy (non-hydrogen) atoms. The summed E-state index contributed by atoms with van der Waals surface area (Å²) in [6, 6.07) is 4.81. The van der Waals surface area contributed by atoms with Crippen molar-refractivity contribution in [3.05, 3.63) is 35.9 Å². The number of ether oxygens (including phenoxy) is 1. The Balaban J connectivity index is 1.39. The van der Waals surface area contributed by atoms with Crippen LogP contribution in [0.15, 0.2) is 35.5 Å². The Hall–Kier alpha value is -2.63. The summed E-state index contributed by atoms with van der Waals surface area (Å²) in [5.41, 5.74) is 0.850. The number of hydrogen-bond donors (Lipinski definition) is 1. The van der Waals surface area contributed by atoms with E-state index in [-0.39, 0.29) is 46.7 Å². The second-order valence-corrected chi connectivity index (χ2v) is 7.61. The summed E-state index contributed by atoms with van der Waals surface area (Å²) in [5.74, 6) is -0.0346. The molecule has 3 fully saturated rings. The van der Waals surface area contributed by atoms with E-state index in [4.69, 9.17) is 4.74 Å². The minimum absolute atomic E-state index is 0.0456. The number of benzene rings is 1. The van der Waals surface area contributed by atoms with Gasteiger partial charge in [0.15, 0.2) is 11.5 Å². The summed E-state index contributed by atoms with van der Waals surface area (Å²) in [7, 11) is 0. The van der Waals surface area contributed by atoms with Gasteiger partial charge >= 0.3 is 0 Å². The summed E-state index contributed by atoms with van der Waals surface area (Å²) in [5, 5.41) is 15.0. The van der Waals surface area contributed by atoms with Crippen LogP contribution >= 0.6 is 0 Å². The van der Waals surface area contributed by atoms with Crippen LogP contribution in [0.4, 0.5) is 0 Å². The number of hydrogen-bond acceptors (Lipinski definition) is 5. The number of hydrazone groups is 1. The third-order valence-electron chi connectivity index (χ3n) is 6.44. The number of fused-ring (bicyclic) bond motifs is 3. The van der Waals surface area contributed by atoms with Gasteiger partial charge in [0, 0.05) is 0 Å². The van der Waals surface area contributed by atoms with Crippen LogP contribution in [-0.4, -0.2) is 34.8 Å². The van der Waals surface area contributed by atoms with Crippen LogP contribution in [-0.2, 0) is 9.59 Å². The molecule has 2 amide bonds. The maximum absolute atomic E-state index is 12.8. The number of amides is 2. The summed E-state index contributed by atoms with van der Waals surface area (Å²) in [6.07, 6.45) is 8.01. The summed E-state index contributed by atoms with van der Waals surface area (Å²) >= 11 is 0. The molecule has 1 aliphatic heterocycles. The van der Waals surface area contributed by atoms with Gasteiger partial charge < -0.3 is 9.84 Å². The Morgan fingerprint density at radius 3 is 2.46 bits per heavy atom. The van der Waals surface area contributed by atoms with E-state index < -0.39 is 0 Å². The van der Waals surface area contributed by atoms with Gasteiger partial charge in [-0.1, -0.05) is 12.2 Å². The van der Waals surface area contributed by atoms with Crippen molar-refractivity contribution < 1.29 is 19.4 Å². The van der Waals surface area contributed by atoms with Gasteiger partial charge in [-0.3, -0.25) is 9.59 Å². The molecule has 134 valence electrons. The molecule has 1 aromatic carbocycles. The van der Waals surface area contributed by atoms with Crippen LogP contribution in [0.1, 0.15) is 25.3 Å². The van der Waals surface area contributed by atoms with Crippen LogP contribution in [0.2, 0.25) is 0 Å². The van der Waals surface area contributed by atoms with E-state index in [2.05, 4.69) is 17.3 Å². The smallest absolute Gasteiger partial charge is 0.254 e. The van der Waals surface area contributed by atoms with Crippen molar-refractivity contribution in [3.8, 4) is 11.5 Å². The van der Waals surface area contributed by atoms with Gasteiger partial charge in [0.2, 0.25) is 0 Å². The van der Waals surface area contributed by atoms with Crippen molar-refractivity contribution in [1.29, 1.82) is 0 Å².